The number of phenolic OH excluding ortho intramolecular Hbond substituents is 1. The molecule has 3 N–H and O–H groups in total. The number of aromatic hydroxyl groups is 1. The van der Waals surface area contributed by atoms with Crippen molar-refractivity contribution in [3.05, 3.63) is 88.0 Å². The number of rotatable bonds is 4. The van der Waals surface area contributed by atoms with Crippen LogP contribution in [0.15, 0.2) is 77.4 Å². The van der Waals surface area contributed by atoms with Crippen molar-refractivity contribution in [2.45, 2.75) is 5.92 Å². The van der Waals surface area contributed by atoms with Crippen LogP contribution in [0.25, 0.3) is 10.9 Å². The molecule has 0 saturated heterocycles. The van der Waals surface area contributed by atoms with Crippen LogP contribution in [0, 0.1) is 11.3 Å². The van der Waals surface area contributed by atoms with Gasteiger partial charge in [-0.1, -0.05) is 41.9 Å². The summed E-state index contributed by atoms with van der Waals surface area (Å²) in [5, 5.41) is 21.9. The number of fused-ring (bicyclic) bond motifs is 1. The predicted molar refractivity (Wildman–Crippen MR) is 128 cm³/mol. The summed E-state index contributed by atoms with van der Waals surface area (Å²) < 4.78 is 9.99. The highest BCUT2D eigenvalue weighted by Crippen LogP contribution is 2.47. The van der Waals surface area contributed by atoms with E-state index in [9.17, 15) is 20.0 Å². The Hall–Kier alpha value is -4.55. The summed E-state index contributed by atoms with van der Waals surface area (Å²) in [5.41, 5.74) is 6.49. The summed E-state index contributed by atoms with van der Waals surface area (Å²) in [6.07, 6.45) is 1.46. The van der Waals surface area contributed by atoms with Crippen LogP contribution < -0.4 is 10.6 Å². The molecule has 2 heterocycles. The van der Waals surface area contributed by atoms with Gasteiger partial charge in [-0.15, -0.1) is 0 Å². The number of phenols is 1. The molecule has 0 amide bonds. The number of aromatic nitrogens is 1. The van der Waals surface area contributed by atoms with E-state index < -0.39 is 17.9 Å². The maximum Gasteiger partial charge on any atom is 0.355 e. The summed E-state index contributed by atoms with van der Waals surface area (Å²) >= 11 is 6.46. The third-order valence-corrected chi connectivity index (χ3v) is 5.96. The van der Waals surface area contributed by atoms with Gasteiger partial charge in [0, 0.05) is 11.6 Å². The molecular weight excluding hydrogens is 472 g/mol. The van der Waals surface area contributed by atoms with Gasteiger partial charge in [-0.05, 0) is 23.8 Å². The SMILES string of the molecule is COC(=O)C1=C(C(=O)OC)N(c2cc(Cl)c3cccnc3c2O)C(N)=C(C#N)C1c1ccccc1. The molecule has 2 aromatic carbocycles. The zero-order chi connectivity index (χ0) is 25.3. The molecule has 9 nitrogen and oxygen atoms in total. The average Bonchev–Trinajstić information content (AvgIpc) is 2.89. The van der Waals surface area contributed by atoms with Crippen molar-refractivity contribution in [2.75, 3.05) is 19.1 Å². The molecule has 10 heteroatoms. The number of anilines is 1. The minimum absolute atomic E-state index is 0.0408. The molecule has 0 saturated carbocycles. The van der Waals surface area contributed by atoms with Gasteiger partial charge in [-0.3, -0.25) is 9.88 Å². The Balaban J connectivity index is 2.13. The lowest BCUT2D eigenvalue weighted by molar-refractivity contribution is -0.139. The van der Waals surface area contributed by atoms with E-state index in [1.165, 1.54) is 12.3 Å². The first-order chi connectivity index (χ1) is 16.8. The van der Waals surface area contributed by atoms with Gasteiger partial charge in [0.25, 0.3) is 0 Å². The zero-order valence-electron chi connectivity index (χ0n) is 18.7. The molecule has 0 aliphatic carbocycles. The van der Waals surface area contributed by atoms with Crippen LogP contribution in [0.2, 0.25) is 5.02 Å². The smallest absolute Gasteiger partial charge is 0.355 e. The minimum atomic E-state index is -1.03. The second-order valence-corrected chi connectivity index (χ2v) is 7.87. The molecule has 176 valence electrons. The fourth-order valence-corrected chi connectivity index (χ4v) is 4.36. The first kappa shape index (κ1) is 23.6. The molecule has 3 aromatic rings. The minimum Gasteiger partial charge on any atom is -0.504 e. The number of halogens is 1. The fourth-order valence-electron chi connectivity index (χ4n) is 4.11. The predicted octanol–water partition coefficient (Wildman–Crippen LogP) is 3.49. The van der Waals surface area contributed by atoms with Crippen LogP contribution in [0.4, 0.5) is 5.69 Å². The summed E-state index contributed by atoms with van der Waals surface area (Å²) in [5.74, 6) is -3.42. The summed E-state index contributed by atoms with van der Waals surface area (Å²) in [4.78, 5) is 31.5. The highest BCUT2D eigenvalue weighted by Gasteiger charge is 2.43. The lowest BCUT2D eigenvalue weighted by Gasteiger charge is -2.36. The second-order valence-electron chi connectivity index (χ2n) is 7.46. The van der Waals surface area contributed by atoms with Crippen molar-refractivity contribution in [1.29, 1.82) is 5.26 Å². The maximum absolute atomic E-state index is 13.1. The maximum atomic E-state index is 13.1. The van der Waals surface area contributed by atoms with Crippen molar-refractivity contribution in [1.82, 2.24) is 4.98 Å². The number of pyridine rings is 1. The van der Waals surface area contributed by atoms with Gasteiger partial charge < -0.3 is 20.3 Å². The number of carbonyl (C=O) groups is 2. The van der Waals surface area contributed by atoms with E-state index in [1.807, 2.05) is 6.07 Å². The van der Waals surface area contributed by atoms with E-state index in [0.717, 1.165) is 19.1 Å². The van der Waals surface area contributed by atoms with Crippen LogP contribution in [0.1, 0.15) is 11.5 Å². The molecule has 1 aromatic heterocycles. The standard InChI is InChI=1S/C25H19ClN4O5/c1-34-24(32)19-18(13-7-4-3-5-8-13)15(12-27)23(28)30(21(19)25(33)35-2)17-11-16(26)14-9-6-10-29-20(14)22(17)31/h3-11,18,31H,28H2,1-2H3. The number of allylic oxidation sites excluding steroid dienone is 1. The quantitative estimate of drug-likeness (QED) is 0.526. The Morgan fingerprint density at radius 3 is 2.46 bits per heavy atom. The van der Waals surface area contributed by atoms with E-state index in [0.29, 0.717) is 10.9 Å². The van der Waals surface area contributed by atoms with E-state index in [-0.39, 0.29) is 44.6 Å². The molecule has 35 heavy (non-hydrogen) atoms. The Bertz CT molecular complexity index is 1460. The van der Waals surface area contributed by atoms with Gasteiger partial charge in [0.2, 0.25) is 0 Å². The van der Waals surface area contributed by atoms with Crippen LogP contribution in [-0.4, -0.2) is 36.2 Å². The second kappa shape index (κ2) is 9.37. The van der Waals surface area contributed by atoms with Gasteiger partial charge in [-0.2, -0.15) is 5.26 Å². The molecule has 0 fully saturated rings. The van der Waals surface area contributed by atoms with Gasteiger partial charge in [0.05, 0.1) is 48.1 Å². The highest BCUT2D eigenvalue weighted by atomic mass is 35.5. The van der Waals surface area contributed by atoms with Gasteiger partial charge in [0.1, 0.15) is 17.0 Å². The van der Waals surface area contributed by atoms with Crippen molar-refractivity contribution < 1.29 is 24.2 Å². The number of hydrogen-bond donors (Lipinski definition) is 2. The van der Waals surface area contributed by atoms with E-state index in [4.69, 9.17) is 26.8 Å². The molecule has 0 spiro atoms. The number of nitriles is 1. The normalized spacial score (nSPS) is 15.7. The van der Waals surface area contributed by atoms with E-state index in [1.54, 1.807) is 42.5 Å². The third-order valence-electron chi connectivity index (χ3n) is 5.65. The van der Waals surface area contributed by atoms with Crippen molar-refractivity contribution in [2.24, 2.45) is 5.73 Å². The molecule has 4 rings (SSSR count). The van der Waals surface area contributed by atoms with Crippen LogP contribution in [0.5, 0.6) is 5.75 Å². The first-order valence-electron chi connectivity index (χ1n) is 10.3. The summed E-state index contributed by atoms with van der Waals surface area (Å²) in [6.45, 7) is 0. The number of nitrogens with zero attached hydrogens (tertiary/aromatic N) is 3. The topological polar surface area (TPSA) is 139 Å². The Kier molecular flexibility index (Phi) is 6.32. The van der Waals surface area contributed by atoms with E-state index in [2.05, 4.69) is 4.98 Å². The Labute approximate surface area is 205 Å². The van der Waals surface area contributed by atoms with Crippen LogP contribution in [0.3, 0.4) is 0 Å². The lowest BCUT2D eigenvalue weighted by atomic mass is 9.81. The number of hydrogen-bond acceptors (Lipinski definition) is 9. The fraction of sp³-hybridized carbons (Fsp3) is 0.120. The number of methoxy groups -OCH3 is 2. The largest absolute Gasteiger partial charge is 0.504 e. The lowest BCUT2D eigenvalue weighted by Crippen LogP contribution is -2.40. The van der Waals surface area contributed by atoms with Gasteiger partial charge in [-0.25, -0.2) is 9.59 Å². The average molecular weight is 491 g/mol. The number of nitrogens with two attached hydrogens (primary N) is 1. The first-order valence-corrected chi connectivity index (χ1v) is 10.6. The van der Waals surface area contributed by atoms with E-state index >= 15 is 0 Å². The van der Waals surface area contributed by atoms with Crippen molar-refractivity contribution >= 4 is 40.1 Å². The van der Waals surface area contributed by atoms with Gasteiger partial charge in [0.15, 0.2) is 5.75 Å². The van der Waals surface area contributed by atoms with Crippen molar-refractivity contribution in [3.63, 3.8) is 0 Å². The Morgan fingerprint density at radius 1 is 1.14 bits per heavy atom. The summed E-state index contributed by atoms with van der Waals surface area (Å²) in [7, 11) is 2.28. The highest BCUT2D eigenvalue weighted by molar-refractivity contribution is 6.36. The summed E-state index contributed by atoms with van der Waals surface area (Å²) in [6, 6.07) is 15.3. The number of esters is 2. The zero-order valence-corrected chi connectivity index (χ0v) is 19.4. The molecular formula is C25H19ClN4O5. The van der Waals surface area contributed by atoms with Gasteiger partial charge >= 0.3 is 11.9 Å². The molecule has 1 aliphatic heterocycles. The third kappa shape index (κ3) is 3.80. The van der Waals surface area contributed by atoms with Crippen LogP contribution >= 0.6 is 11.6 Å². The Morgan fingerprint density at radius 2 is 1.83 bits per heavy atom. The van der Waals surface area contributed by atoms with Crippen molar-refractivity contribution in [3.8, 4) is 11.8 Å². The molecule has 1 aliphatic rings. The number of carbonyl (C=O) groups excluding carboxylic acids is 2. The monoisotopic (exact) mass is 490 g/mol. The molecule has 0 radical (unpaired) electrons. The number of benzene rings is 2. The molecule has 1 unspecified atom stereocenters. The molecule has 0 bridgehead atoms. The number of ether oxygens (including phenoxy) is 2. The molecule has 1 atom stereocenters. The van der Waals surface area contributed by atoms with Crippen LogP contribution in [-0.2, 0) is 19.1 Å².